The normalized spacial score (nSPS) is 12.9. The first kappa shape index (κ1) is 12.5. The van der Waals surface area contributed by atoms with Gasteiger partial charge in [0.1, 0.15) is 0 Å². The smallest absolute Gasteiger partial charge is 0.179 e. The average molecular weight is 222 g/mol. The fourth-order valence-corrected chi connectivity index (χ4v) is 1.24. The SMILES string of the molecule is CNC(C)CC=Cc1cncc(OC)c1O. The molecule has 2 N–H and O–H groups in total. The van der Waals surface area contributed by atoms with Crippen LogP contribution < -0.4 is 10.1 Å². The molecule has 0 aliphatic heterocycles. The molecule has 16 heavy (non-hydrogen) atoms. The van der Waals surface area contributed by atoms with Crippen LogP contribution in [0.3, 0.4) is 0 Å². The lowest BCUT2D eigenvalue weighted by molar-refractivity contribution is 0.371. The maximum atomic E-state index is 9.78. The number of methoxy groups -OCH3 is 1. The number of aromatic nitrogens is 1. The highest BCUT2D eigenvalue weighted by Crippen LogP contribution is 2.28. The summed E-state index contributed by atoms with van der Waals surface area (Å²) in [6.45, 7) is 2.09. The summed E-state index contributed by atoms with van der Waals surface area (Å²) in [7, 11) is 3.43. The van der Waals surface area contributed by atoms with E-state index in [-0.39, 0.29) is 5.75 Å². The Morgan fingerprint density at radius 2 is 2.31 bits per heavy atom. The molecule has 88 valence electrons. The van der Waals surface area contributed by atoms with Gasteiger partial charge in [0, 0.05) is 17.8 Å². The maximum absolute atomic E-state index is 9.78. The molecular formula is C12H18N2O2. The van der Waals surface area contributed by atoms with Gasteiger partial charge in [-0.1, -0.05) is 12.2 Å². The molecule has 0 aromatic carbocycles. The molecule has 0 radical (unpaired) electrons. The molecule has 1 heterocycles. The van der Waals surface area contributed by atoms with Crippen molar-refractivity contribution < 1.29 is 9.84 Å². The standard InChI is InChI=1S/C12H18N2O2/c1-9(13-2)5-4-6-10-7-14-8-11(16-3)12(10)15/h4,6-9,13H,5H2,1-3H3,(H,14,15). The van der Waals surface area contributed by atoms with Gasteiger partial charge in [0.05, 0.1) is 13.3 Å². The van der Waals surface area contributed by atoms with Crippen molar-refractivity contribution in [1.82, 2.24) is 10.3 Å². The first-order valence-corrected chi connectivity index (χ1v) is 5.23. The third-order valence-corrected chi connectivity index (χ3v) is 2.41. The second-order valence-corrected chi connectivity index (χ2v) is 3.61. The fraction of sp³-hybridized carbons (Fsp3) is 0.417. The van der Waals surface area contributed by atoms with Crippen LogP contribution in [0.15, 0.2) is 18.5 Å². The predicted molar refractivity (Wildman–Crippen MR) is 64.6 cm³/mol. The highest BCUT2D eigenvalue weighted by atomic mass is 16.5. The van der Waals surface area contributed by atoms with Crippen molar-refractivity contribution in [2.24, 2.45) is 0 Å². The van der Waals surface area contributed by atoms with Crippen molar-refractivity contribution >= 4 is 6.08 Å². The number of hydrogen-bond donors (Lipinski definition) is 2. The van der Waals surface area contributed by atoms with Gasteiger partial charge < -0.3 is 15.2 Å². The summed E-state index contributed by atoms with van der Waals surface area (Å²) in [5.41, 5.74) is 0.669. The van der Waals surface area contributed by atoms with Gasteiger partial charge in [0.15, 0.2) is 11.5 Å². The molecule has 1 aromatic heterocycles. The number of hydrogen-bond acceptors (Lipinski definition) is 4. The topological polar surface area (TPSA) is 54.4 Å². The summed E-state index contributed by atoms with van der Waals surface area (Å²) >= 11 is 0. The van der Waals surface area contributed by atoms with Crippen LogP contribution in [0.5, 0.6) is 11.5 Å². The number of aromatic hydroxyl groups is 1. The molecular weight excluding hydrogens is 204 g/mol. The summed E-state index contributed by atoms with van der Waals surface area (Å²) in [5, 5.41) is 12.9. The van der Waals surface area contributed by atoms with Gasteiger partial charge in [-0.3, -0.25) is 4.98 Å². The lowest BCUT2D eigenvalue weighted by Crippen LogP contribution is -2.19. The van der Waals surface area contributed by atoms with Gasteiger partial charge >= 0.3 is 0 Å². The molecule has 0 fully saturated rings. The number of pyridine rings is 1. The molecule has 0 aliphatic carbocycles. The van der Waals surface area contributed by atoms with Crippen LogP contribution in [0.1, 0.15) is 18.9 Å². The van der Waals surface area contributed by atoms with Crippen molar-refractivity contribution in [2.75, 3.05) is 14.2 Å². The van der Waals surface area contributed by atoms with E-state index in [1.54, 1.807) is 6.20 Å². The molecule has 1 unspecified atom stereocenters. The molecule has 0 amide bonds. The summed E-state index contributed by atoms with van der Waals surface area (Å²) in [6.07, 6.45) is 7.84. The van der Waals surface area contributed by atoms with Gasteiger partial charge in [-0.25, -0.2) is 0 Å². The van der Waals surface area contributed by atoms with Crippen LogP contribution in [0.25, 0.3) is 6.08 Å². The third-order valence-electron chi connectivity index (χ3n) is 2.41. The minimum absolute atomic E-state index is 0.130. The van der Waals surface area contributed by atoms with E-state index < -0.39 is 0 Å². The van der Waals surface area contributed by atoms with E-state index in [9.17, 15) is 5.11 Å². The summed E-state index contributed by atoms with van der Waals surface area (Å²) in [6, 6.07) is 0.414. The Hall–Kier alpha value is -1.55. The molecule has 0 saturated carbocycles. The molecule has 0 bridgehead atoms. The van der Waals surface area contributed by atoms with Crippen molar-refractivity contribution in [3.63, 3.8) is 0 Å². The minimum Gasteiger partial charge on any atom is -0.504 e. The van der Waals surface area contributed by atoms with Gasteiger partial charge in [-0.2, -0.15) is 0 Å². The van der Waals surface area contributed by atoms with Crippen molar-refractivity contribution in [3.05, 3.63) is 24.0 Å². The van der Waals surface area contributed by atoms with Gasteiger partial charge in [0.2, 0.25) is 0 Å². The third kappa shape index (κ3) is 3.24. The summed E-state index contributed by atoms with van der Waals surface area (Å²) in [4.78, 5) is 3.98. The zero-order valence-electron chi connectivity index (χ0n) is 9.90. The average Bonchev–Trinajstić information content (AvgIpc) is 2.31. The van der Waals surface area contributed by atoms with E-state index in [1.807, 2.05) is 19.2 Å². The van der Waals surface area contributed by atoms with E-state index in [1.165, 1.54) is 13.3 Å². The molecule has 1 aromatic rings. The largest absolute Gasteiger partial charge is 0.504 e. The van der Waals surface area contributed by atoms with Crippen molar-refractivity contribution in [3.8, 4) is 11.5 Å². The lowest BCUT2D eigenvalue weighted by Gasteiger charge is -2.06. The Morgan fingerprint density at radius 1 is 1.56 bits per heavy atom. The Labute approximate surface area is 96.0 Å². The second kappa shape index (κ2) is 6.12. The van der Waals surface area contributed by atoms with E-state index in [4.69, 9.17) is 4.74 Å². The highest BCUT2D eigenvalue weighted by molar-refractivity contribution is 5.59. The van der Waals surface area contributed by atoms with E-state index in [0.717, 1.165) is 6.42 Å². The number of rotatable bonds is 5. The van der Waals surface area contributed by atoms with Crippen LogP contribution in [0.2, 0.25) is 0 Å². The van der Waals surface area contributed by atoms with Crippen molar-refractivity contribution in [2.45, 2.75) is 19.4 Å². The molecule has 4 nitrogen and oxygen atoms in total. The fourth-order valence-electron chi connectivity index (χ4n) is 1.24. The first-order valence-electron chi connectivity index (χ1n) is 5.23. The Kier molecular flexibility index (Phi) is 4.79. The Balaban J connectivity index is 2.73. The van der Waals surface area contributed by atoms with Gasteiger partial charge in [0.25, 0.3) is 0 Å². The zero-order chi connectivity index (χ0) is 12.0. The predicted octanol–water partition coefficient (Wildman–Crippen LogP) is 1.81. The van der Waals surface area contributed by atoms with Crippen molar-refractivity contribution in [1.29, 1.82) is 0 Å². The van der Waals surface area contributed by atoms with Crippen LogP contribution in [0.4, 0.5) is 0 Å². The van der Waals surface area contributed by atoms with Crippen LogP contribution >= 0.6 is 0 Å². The molecule has 4 heteroatoms. The Morgan fingerprint density at radius 3 is 2.94 bits per heavy atom. The van der Waals surface area contributed by atoms with Crippen LogP contribution in [-0.4, -0.2) is 30.3 Å². The number of nitrogens with zero attached hydrogens (tertiary/aromatic N) is 1. The van der Waals surface area contributed by atoms with E-state index in [0.29, 0.717) is 17.4 Å². The Bertz CT molecular complexity index is 364. The second-order valence-electron chi connectivity index (χ2n) is 3.61. The molecule has 1 atom stereocenters. The summed E-state index contributed by atoms with van der Waals surface area (Å²) in [5.74, 6) is 0.523. The molecule has 1 rings (SSSR count). The van der Waals surface area contributed by atoms with E-state index >= 15 is 0 Å². The highest BCUT2D eigenvalue weighted by Gasteiger charge is 2.05. The molecule has 0 spiro atoms. The lowest BCUT2D eigenvalue weighted by atomic mass is 10.2. The molecule has 0 aliphatic rings. The quantitative estimate of drug-likeness (QED) is 0.797. The van der Waals surface area contributed by atoms with Gasteiger partial charge in [-0.05, 0) is 20.4 Å². The zero-order valence-corrected chi connectivity index (χ0v) is 9.90. The number of ether oxygens (including phenoxy) is 1. The minimum atomic E-state index is 0.130. The maximum Gasteiger partial charge on any atom is 0.179 e. The van der Waals surface area contributed by atoms with E-state index in [2.05, 4.69) is 17.2 Å². The summed E-state index contributed by atoms with van der Waals surface area (Å²) < 4.78 is 4.98. The molecule has 0 saturated heterocycles. The first-order chi connectivity index (χ1) is 7.69. The monoisotopic (exact) mass is 222 g/mol. The van der Waals surface area contributed by atoms with Gasteiger partial charge in [-0.15, -0.1) is 0 Å². The number of nitrogens with one attached hydrogen (secondary N) is 1. The van der Waals surface area contributed by atoms with Crippen LogP contribution in [-0.2, 0) is 0 Å². The van der Waals surface area contributed by atoms with Crippen LogP contribution in [0, 0.1) is 0 Å².